The molecule has 0 radical (unpaired) electrons. The van der Waals surface area contributed by atoms with Crippen molar-refractivity contribution in [2.45, 2.75) is 37.5 Å². The van der Waals surface area contributed by atoms with E-state index in [1.807, 2.05) is 30.3 Å². The Labute approximate surface area is 272 Å². The fraction of sp³-hybridized carbons (Fsp3) is 0.485. The van der Waals surface area contributed by atoms with Crippen molar-refractivity contribution in [2.75, 3.05) is 65.7 Å². The molecule has 3 aliphatic rings. The summed E-state index contributed by atoms with van der Waals surface area (Å²) in [6, 6.07) is 13.5. The summed E-state index contributed by atoms with van der Waals surface area (Å²) in [4.78, 5) is 71.0. The van der Waals surface area contributed by atoms with Crippen molar-refractivity contribution < 1.29 is 42.6 Å². The number of fused-ring (bicyclic) bond motifs is 1. The van der Waals surface area contributed by atoms with Crippen LogP contribution in [0, 0.1) is 5.82 Å². The molecule has 0 aromatic heterocycles. The number of hydrogen-bond acceptors (Lipinski definition) is 8. The first-order valence-electron chi connectivity index (χ1n) is 15.8. The second kappa shape index (κ2) is 15.8. The van der Waals surface area contributed by atoms with Gasteiger partial charge >= 0.3 is 6.09 Å². The number of ether oxygens (including phenoxy) is 3. The molecular formula is C33H40FN5O8. The number of rotatable bonds is 3. The number of nitrogens with one attached hydrogen (secondary N) is 2. The maximum Gasteiger partial charge on any atom is 0.410 e. The van der Waals surface area contributed by atoms with E-state index in [0.29, 0.717) is 5.56 Å². The van der Waals surface area contributed by atoms with Gasteiger partial charge in [-0.3, -0.25) is 19.2 Å². The van der Waals surface area contributed by atoms with Crippen molar-refractivity contribution >= 4 is 29.7 Å². The Hall–Kier alpha value is -4.56. The monoisotopic (exact) mass is 653 g/mol. The van der Waals surface area contributed by atoms with Gasteiger partial charge in [0.25, 0.3) is 5.91 Å². The number of likely N-dealkylation sites (tertiary alicyclic amines) is 1. The number of piperidine rings is 1. The lowest BCUT2D eigenvalue weighted by molar-refractivity contribution is -0.146. The molecule has 0 unspecified atom stereocenters. The molecule has 1 spiro atoms. The van der Waals surface area contributed by atoms with Crippen molar-refractivity contribution in [3.63, 3.8) is 0 Å². The third kappa shape index (κ3) is 9.04. The minimum atomic E-state index is -1.02. The van der Waals surface area contributed by atoms with Crippen LogP contribution in [0.4, 0.5) is 9.18 Å². The molecule has 3 heterocycles. The van der Waals surface area contributed by atoms with Crippen molar-refractivity contribution in [3.05, 3.63) is 71.5 Å². The minimum Gasteiger partial charge on any atom is -0.445 e. The van der Waals surface area contributed by atoms with Gasteiger partial charge in [0.15, 0.2) is 0 Å². The zero-order chi connectivity index (χ0) is 33.2. The average molecular weight is 654 g/mol. The number of nitrogens with zero attached hydrogens (tertiary/aromatic N) is 3. The Bertz CT molecular complexity index is 1420. The zero-order valence-electron chi connectivity index (χ0n) is 26.2. The van der Waals surface area contributed by atoms with Crippen LogP contribution >= 0.6 is 0 Å². The number of carbonyl (C=O) groups is 5. The van der Waals surface area contributed by atoms with E-state index in [-0.39, 0.29) is 103 Å². The first kappa shape index (κ1) is 33.8. The summed E-state index contributed by atoms with van der Waals surface area (Å²) in [5.41, 5.74) is 0.141. The molecular weight excluding hydrogens is 613 g/mol. The Morgan fingerprint density at radius 3 is 2.36 bits per heavy atom. The van der Waals surface area contributed by atoms with E-state index in [4.69, 9.17) is 14.2 Å². The molecule has 0 bridgehead atoms. The molecule has 3 aliphatic heterocycles. The van der Waals surface area contributed by atoms with Gasteiger partial charge < -0.3 is 39.5 Å². The quantitative estimate of drug-likeness (QED) is 0.505. The van der Waals surface area contributed by atoms with Crippen molar-refractivity contribution in [2.24, 2.45) is 0 Å². The highest BCUT2D eigenvalue weighted by Crippen LogP contribution is 2.29. The van der Waals surface area contributed by atoms with E-state index >= 15 is 0 Å². The van der Waals surface area contributed by atoms with E-state index in [0.717, 1.165) is 5.56 Å². The summed E-state index contributed by atoms with van der Waals surface area (Å²) in [6.45, 7) is 1.22. The van der Waals surface area contributed by atoms with Crippen molar-refractivity contribution in [3.8, 4) is 0 Å². The molecule has 47 heavy (non-hydrogen) atoms. The number of carbonyl (C=O) groups excluding carboxylic acids is 5. The lowest BCUT2D eigenvalue weighted by atomic mass is 9.83. The Balaban J connectivity index is 1.30. The first-order chi connectivity index (χ1) is 22.7. The SMILES string of the molecule is O=C1COCCOCCNC(=O)[C@@H]2CN(C(=O)OCc3ccccc3)CCN2C(=O)CC2(CCN(C(=O)c3ccc(F)cc3)CC2)N1. The zero-order valence-corrected chi connectivity index (χ0v) is 26.2. The van der Waals surface area contributed by atoms with Crippen molar-refractivity contribution in [1.82, 2.24) is 25.3 Å². The Morgan fingerprint density at radius 2 is 1.62 bits per heavy atom. The van der Waals surface area contributed by atoms with E-state index in [1.165, 1.54) is 34.1 Å². The predicted octanol–water partition coefficient (Wildman–Crippen LogP) is 1.32. The van der Waals surface area contributed by atoms with Crippen LogP contribution in [0.15, 0.2) is 54.6 Å². The second-order valence-electron chi connectivity index (χ2n) is 11.8. The molecule has 252 valence electrons. The second-order valence-corrected chi connectivity index (χ2v) is 11.8. The maximum absolute atomic E-state index is 14.0. The number of benzene rings is 2. The lowest BCUT2D eigenvalue weighted by Crippen LogP contribution is -2.64. The molecule has 2 N–H and O–H groups in total. The lowest BCUT2D eigenvalue weighted by Gasteiger charge is -2.45. The van der Waals surface area contributed by atoms with Crippen LogP contribution in [-0.2, 0) is 35.2 Å². The van der Waals surface area contributed by atoms with Crippen molar-refractivity contribution in [1.29, 1.82) is 0 Å². The van der Waals surface area contributed by atoms with Crippen LogP contribution < -0.4 is 10.6 Å². The molecule has 2 aromatic carbocycles. The first-order valence-corrected chi connectivity index (χ1v) is 15.8. The van der Waals surface area contributed by atoms with Crippen LogP contribution in [0.3, 0.4) is 0 Å². The summed E-state index contributed by atoms with van der Waals surface area (Å²) in [7, 11) is 0. The largest absolute Gasteiger partial charge is 0.445 e. The normalized spacial score (nSPS) is 21.4. The smallest absolute Gasteiger partial charge is 0.410 e. The van der Waals surface area contributed by atoms with Gasteiger partial charge in [-0.1, -0.05) is 30.3 Å². The standard InChI is InChI=1S/C33H40FN5O8/c34-26-8-6-25(7-9-26)31(43)37-13-10-33(11-14-37)20-29(41)39-16-15-38(32(44)47-22-24-4-2-1-3-5-24)21-27(39)30(42)35-12-17-45-18-19-46-23-28(40)36-33/h1-9,27H,10-23H2,(H,35,42)(H,36,40)/t27-/m0/s1. The summed E-state index contributed by atoms with van der Waals surface area (Å²) in [6.07, 6.45) is -0.180. The molecule has 5 amide bonds. The minimum absolute atomic E-state index is 0.0691. The van der Waals surface area contributed by atoms with Crippen LogP contribution in [0.5, 0.6) is 0 Å². The predicted molar refractivity (Wildman–Crippen MR) is 165 cm³/mol. The van der Waals surface area contributed by atoms with Gasteiger partial charge in [-0.05, 0) is 42.7 Å². The van der Waals surface area contributed by atoms with Crippen LogP contribution in [0.1, 0.15) is 35.2 Å². The summed E-state index contributed by atoms with van der Waals surface area (Å²) in [5, 5.41) is 5.79. The number of halogens is 1. The van der Waals surface area contributed by atoms with E-state index in [1.54, 1.807) is 4.90 Å². The van der Waals surface area contributed by atoms with Gasteiger partial charge in [0.2, 0.25) is 17.7 Å². The molecule has 0 saturated carbocycles. The van der Waals surface area contributed by atoms with Gasteiger partial charge in [-0.15, -0.1) is 0 Å². The van der Waals surface area contributed by atoms with E-state index in [2.05, 4.69) is 10.6 Å². The van der Waals surface area contributed by atoms with Crippen LogP contribution in [0.25, 0.3) is 0 Å². The van der Waals surface area contributed by atoms with E-state index < -0.39 is 35.3 Å². The highest BCUT2D eigenvalue weighted by atomic mass is 19.1. The van der Waals surface area contributed by atoms with Gasteiger partial charge in [0.1, 0.15) is 25.1 Å². The highest BCUT2D eigenvalue weighted by molar-refractivity contribution is 5.94. The third-order valence-corrected chi connectivity index (χ3v) is 8.61. The van der Waals surface area contributed by atoms with Gasteiger partial charge in [-0.25, -0.2) is 9.18 Å². The fourth-order valence-electron chi connectivity index (χ4n) is 6.01. The Morgan fingerprint density at radius 1 is 0.894 bits per heavy atom. The number of amides is 5. The van der Waals surface area contributed by atoms with Gasteiger partial charge in [0, 0.05) is 38.3 Å². The summed E-state index contributed by atoms with van der Waals surface area (Å²) < 4.78 is 29.9. The van der Waals surface area contributed by atoms with Gasteiger partial charge in [0.05, 0.1) is 38.3 Å². The van der Waals surface area contributed by atoms with E-state index in [9.17, 15) is 28.4 Å². The third-order valence-electron chi connectivity index (χ3n) is 8.61. The number of piperazine rings is 1. The molecule has 1 atom stereocenters. The summed E-state index contributed by atoms with van der Waals surface area (Å²) in [5.74, 6) is -1.95. The molecule has 2 aromatic rings. The molecule has 14 heteroatoms. The fourth-order valence-corrected chi connectivity index (χ4v) is 6.01. The van der Waals surface area contributed by atoms with Crippen LogP contribution in [0.2, 0.25) is 0 Å². The van der Waals surface area contributed by atoms with Gasteiger partial charge in [-0.2, -0.15) is 0 Å². The molecule has 3 fully saturated rings. The topological polar surface area (TPSA) is 147 Å². The molecule has 0 aliphatic carbocycles. The molecule has 5 rings (SSSR count). The summed E-state index contributed by atoms with van der Waals surface area (Å²) >= 11 is 0. The molecule has 3 saturated heterocycles. The van der Waals surface area contributed by atoms with Crippen LogP contribution in [-0.4, -0.2) is 122 Å². The maximum atomic E-state index is 14.0. The number of hydrogen-bond donors (Lipinski definition) is 2. The highest BCUT2D eigenvalue weighted by Gasteiger charge is 2.43. The average Bonchev–Trinajstić information content (AvgIpc) is 3.08. The molecule has 13 nitrogen and oxygen atoms in total. The Kier molecular flexibility index (Phi) is 11.4.